The Morgan fingerprint density at radius 3 is 1.70 bits per heavy atom. The van der Waals surface area contributed by atoms with Gasteiger partial charge in [-0.3, -0.25) is 9.35 Å². The molecule has 0 aromatic rings. The van der Waals surface area contributed by atoms with Gasteiger partial charge in [-0.05, 0) is 33.6 Å². The van der Waals surface area contributed by atoms with Crippen LogP contribution in [0.4, 0.5) is 0 Å². The van der Waals surface area contributed by atoms with Gasteiger partial charge in [0.1, 0.15) is 18.6 Å². The number of carbonyl (C=O) groups excluding carboxylic acids is 3. The van der Waals surface area contributed by atoms with Crippen LogP contribution in [0.2, 0.25) is 0 Å². The number of hydrogen-bond donors (Lipinski definition) is 1. The zero-order chi connectivity index (χ0) is 22.7. The zero-order valence-electron chi connectivity index (χ0n) is 17.2. The van der Waals surface area contributed by atoms with Crippen LogP contribution in [0, 0.1) is 5.41 Å². The predicted octanol–water partition coefficient (Wildman–Crippen LogP) is 1.31. The van der Waals surface area contributed by atoms with E-state index in [0.29, 0.717) is 25.7 Å². The Kier molecular flexibility index (Phi) is 15.6. The molecule has 0 amide bonds. The SMILES string of the molecule is C=C(C)C(=O)OCC(C)(COC(=O)C(=C)C)C(=O)OCCCCCCS(=O)(=O)O.[CaH2]. The minimum absolute atomic E-state index is 0. The Morgan fingerprint density at radius 2 is 1.30 bits per heavy atom. The molecule has 30 heavy (non-hydrogen) atoms. The van der Waals surface area contributed by atoms with Crippen LogP contribution in [0.3, 0.4) is 0 Å². The Bertz CT molecular complexity index is 698. The second-order valence-corrected chi connectivity index (χ2v) is 8.68. The fraction of sp³-hybridized carbons (Fsp3) is 0.632. The van der Waals surface area contributed by atoms with Crippen molar-refractivity contribution in [3.8, 4) is 0 Å². The van der Waals surface area contributed by atoms with Crippen molar-refractivity contribution in [2.24, 2.45) is 5.41 Å². The molecule has 0 bridgehead atoms. The first-order valence-corrected chi connectivity index (χ1v) is 10.7. The van der Waals surface area contributed by atoms with Gasteiger partial charge in [-0.2, -0.15) is 8.42 Å². The predicted molar refractivity (Wildman–Crippen MR) is 114 cm³/mol. The molecule has 0 aromatic carbocycles. The van der Waals surface area contributed by atoms with Crippen LogP contribution in [0.1, 0.15) is 46.5 Å². The van der Waals surface area contributed by atoms with Gasteiger partial charge in [0.05, 0.1) is 12.4 Å². The van der Waals surface area contributed by atoms with E-state index in [2.05, 4.69) is 13.2 Å². The molecule has 0 unspecified atom stereocenters. The first-order chi connectivity index (χ1) is 13.3. The molecule has 0 aliphatic rings. The standard InChI is InChI=1S/C19H30O9S.Ca.2H/c1-14(2)16(20)27-12-19(5,13-28-17(21)15(3)4)18(22)26-10-8-6-7-9-11-29(23,24)25;;;/h1,3,6-13H2,2,4-5H3,(H,23,24,25);;;. The molecule has 1 N–H and O–H groups in total. The molecule has 0 rings (SSSR count). The van der Waals surface area contributed by atoms with Crippen molar-refractivity contribution >= 4 is 65.8 Å². The molecular weight excluding hydrogens is 444 g/mol. The molecule has 0 aliphatic carbocycles. The van der Waals surface area contributed by atoms with Crippen LogP contribution in [-0.4, -0.2) is 94.2 Å². The van der Waals surface area contributed by atoms with E-state index >= 15 is 0 Å². The summed E-state index contributed by atoms with van der Waals surface area (Å²) in [5.41, 5.74) is -1.10. The van der Waals surface area contributed by atoms with Crippen molar-refractivity contribution in [3.63, 3.8) is 0 Å². The fourth-order valence-corrected chi connectivity index (χ4v) is 2.50. The average Bonchev–Trinajstić information content (AvgIpc) is 2.61. The molecule has 0 atom stereocenters. The molecule has 0 saturated heterocycles. The summed E-state index contributed by atoms with van der Waals surface area (Å²) in [5, 5.41) is 0. The molecule has 0 heterocycles. The Labute approximate surface area is 207 Å². The summed E-state index contributed by atoms with van der Waals surface area (Å²) in [6, 6.07) is 0. The van der Waals surface area contributed by atoms with Gasteiger partial charge in [0.25, 0.3) is 10.1 Å². The average molecular weight is 477 g/mol. The van der Waals surface area contributed by atoms with E-state index in [1.807, 2.05) is 0 Å². The van der Waals surface area contributed by atoms with E-state index in [1.54, 1.807) is 0 Å². The van der Waals surface area contributed by atoms with Crippen LogP contribution in [0.25, 0.3) is 0 Å². The number of hydrogen-bond acceptors (Lipinski definition) is 8. The fourth-order valence-electron chi connectivity index (χ4n) is 1.93. The molecule has 0 radical (unpaired) electrons. The van der Waals surface area contributed by atoms with Gasteiger partial charge >= 0.3 is 55.6 Å². The maximum atomic E-state index is 12.5. The molecule has 0 aromatic heterocycles. The molecule has 0 saturated carbocycles. The molecule has 0 spiro atoms. The summed E-state index contributed by atoms with van der Waals surface area (Å²) in [6.07, 6.45) is 1.92. The molecular formula is C19H32CaO9S. The van der Waals surface area contributed by atoms with Crippen molar-refractivity contribution in [2.45, 2.75) is 46.5 Å². The van der Waals surface area contributed by atoms with Gasteiger partial charge in [-0.15, -0.1) is 0 Å². The van der Waals surface area contributed by atoms with Crippen LogP contribution < -0.4 is 0 Å². The number of esters is 3. The summed E-state index contributed by atoms with van der Waals surface area (Å²) < 4.78 is 45.2. The minimum atomic E-state index is -3.97. The number of unbranched alkanes of at least 4 members (excludes halogenated alkanes) is 3. The zero-order valence-corrected chi connectivity index (χ0v) is 18.0. The summed E-state index contributed by atoms with van der Waals surface area (Å²) in [4.78, 5) is 35.8. The van der Waals surface area contributed by atoms with E-state index in [9.17, 15) is 22.8 Å². The quantitative estimate of drug-likeness (QED) is 0.0983. The molecule has 0 aliphatic heterocycles. The van der Waals surface area contributed by atoms with E-state index in [0.717, 1.165) is 0 Å². The molecule has 11 heteroatoms. The summed E-state index contributed by atoms with van der Waals surface area (Å²) >= 11 is 0. The van der Waals surface area contributed by atoms with Crippen molar-refractivity contribution in [3.05, 3.63) is 24.3 Å². The van der Waals surface area contributed by atoms with Gasteiger partial charge in [0.2, 0.25) is 0 Å². The van der Waals surface area contributed by atoms with E-state index in [1.165, 1.54) is 20.8 Å². The third-order valence-corrected chi connectivity index (χ3v) is 4.57. The van der Waals surface area contributed by atoms with Gasteiger partial charge in [0.15, 0.2) is 0 Å². The monoisotopic (exact) mass is 476 g/mol. The second kappa shape index (κ2) is 15.0. The normalized spacial score (nSPS) is 11.1. The van der Waals surface area contributed by atoms with Gasteiger partial charge in [-0.1, -0.05) is 26.0 Å². The number of carbonyl (C=O) groups is 3. The van der Waals surface area contributed by atoms with Crippen molar-refractivity contribution in [2.75, 3.05) is 25.6 Å². The van der Waals surface area contributed by atoms with Crippen molar-refractivity contribution < 1.29 is 41.6 Å². The Morgan fingerprint density at radius 1 is 0.867 bits per heavy atom. The van der Waals surface area contributed by atoms with Crippen LogP contribution in [0.15, 0.2) is 24.3 Å². The molecule has 170 valence electrons. The molecule has 9 nitrogen and oxygen atoms in total. The van der Waals surface area contributed by atoms with Crippen molar-refractivity contribution in [1.29, 1.82) is 0 Å². The first-order valence-electron chi connectivity index (χ1n) is 9.06. The van der Waals surface area contributed by atoms with Crippen LogP contribution in [-0.2, 0) is 38.7 Å². The van der Waals surface area contributed by atoms with Crippen molar-refractivity contribution in [1.82, 2.24) is 0 Å². The maximum absolute atomic E-state index is 12.5. The van der Waals surface area contributed by atoms with Gasteiger partial charge in [0, 0.05) is 11.1 Å². The Hall–Kier alpha value is -0.940. The first kappa shape index (κ1) is 31.2. The summed E-state index contributed by atoms with van der Waals surface area (Å²) in [5.74, 6) is -2.39. The van der Waals surface area contributed by atoms with E-state index in [-0.39, 0.29) is 74.5 Å². The number of rotatable bonds is 14. The number of ether oxygens (including phenoxy) is 3. The third-order valence-electron chi connectivity index (χ3n) is 3.76. The van der Waals surface area contributed by atoms with E-state index in [4.69, 9.17) is 18.8 Å². The topological polar surface area (TPSA) is 133 Å². The third kappa shape index (κ3) is 14.1. The van der Waals surface area contributed by atoms with Gasteiger partial charge in [-0.25, -0.2) is 9.59 Å². The summed E-state index contributed by atoms with van der Waals surface area (Å²) in [7, 11) is -3.97. The van der Waals surface area contributed by atoms with Crippen LogP contribution >= 0.6 is 0 Å². The van der Waals surface area contributed by atoms with E-state index < -0.39 is 33.4 Å². The van der Waals surface area contributed by atoms with Crippen LogP contribution in [0.5, 0.6) is 0 Å². The molecule has 0 fully saturated rings. The summed E-state index contributed by atoms with van der Waals surface area (Å²) in [6.45, 7) is 10.6. The second-order valence-electron chi connectivity index (χ2n) is 7.11. The Balaban J connectivity index is 0. The van der Waals surface area contributed by atoms with Gasteiger partial charge < -0.3 is 14.2 Å².